The van der Waals surface area contributed by atoms with Gasteiger partial charge in [0.2, 0.25) is 0 Å². The van der Waals surface area contributed by atoms with Crippen molar-refractivity contribution in [1.82, 2.24) is 0 Å². The molecule has 1 aromatic carbocycles. The van der Waals surface area contributed by atoms with Crippen LogP contribution in [-0.2, 0) is 12.8 Å². The van der Waals surface area contributed by atoms with Crippen molar-refractivity contribution < 1.29 is 0 Å². The molecule has 3 rings (SSSR count). The summed E-state index contributed by atoms with van der Waals surface area (Å²) in [6, 6.07) is 7.43. The fourth-order valence-corrected chi connectivity index (χ4v) is 8.85. The molecule has 0 aromatic heterocycles. The summed E-state index contributed by atoms with van der Waals surface area (Å²) in [6.07, 6.45) is 12.9. The molecule has 0 nitrogen and oxygen atoms in total. The lowest BCUT2D eigenvalue weighted by molar-refractivity contribution is 0.0486. The van der Waals surface area contributed by atoms with Crippen LogP contribution in [0.5, 0.6) is 0 Å². The van der Waals surface area contributed by atoms with E-state index in [1.807, 2.05) is 0 Å². The summed E-state index contributed by atoms with van der Waals surface area (Å²) in [5.74, 6) is 0. The minimum atomic E-state index is -0.572. The van der Waals surface area contributed by atoms with Crippen LogP contribution in [0.4, 0.5) is 0 Å². The second-order valence-electron chi connectivity index (χ2n) is 10.7. The van der Waals surface area contributed by atoms with Crippen molar-refractivity contribution in [3.8, 4) is 0 Å². The van der Waals surface area contributed by atoms with E-state index in [4.69, 9.17) is 0 Å². The van der Waals surface area contributed by atoms with Crippen LogP contribution in [-0.4, -0.2) is 9.52 Å². The summed E-state index contributed by atoms with van der Waals surface area (Å²) < 4.78 is 0. The van der Waals surface area contributed by atoms with Gasteiger partial charge >= 0.3 is 0 Å². The lowest BCUT2D eigenvalue weighted by Crippen LogP contribution is -2.50. The lowest BCUT2D eigenvalue weighted by atomic mass is 9.49. The molecule has 162 valence electrons. The summed E-state index contributed by atoms with van der Waals surface area (Å²) in [5, 5.41) is 3.39. The summed E-state index contributed by atoms with van der Waals surface area (Å²) >= 11 is 0. The third-order valence-electron chi connectivity index (χ3n) is 8.54. The second-order valence-corrected chi connectivity index (χ2v) is 12.6. The van der Waals surface area contributed by atoms with Crippen LogP contribution < -0.4 is 5.19 Å². The van der Waals surface area contributed by atoms with Crippen LogP contribution in [0.15, 0.2) is 64.4 Å². The molecule has 2 aliphatic carbocycles. The van der Waals surface area contributed by atoms with Gasteiger partial charge in [0.05, 0.1) is 9.52 Å². The van der Waals surface area contributed by atoms with E-state index in [1.165, 1.54) is 16.7 Å². The van der Waals surface area contributed by atoms with Gasteiger partial charge < -0.3 is 0 Å². The maximum atomic E-state index is 2.57. The Bertz CT molecular complexity index is 925. The highest BCUT2D eigenvalue weighted by atomic mass is 28.2. The van der Waals surface area contributed by atoms with Crippen LogP contribution in [0, 0.1) is 16.2 Å². The Hall–Kier alpha value is -1.60. The summed E-state index contributed by atoms with van der Waals surface area (Å²) in [7, 11) is -0.572. The summed E-state index contributed by atoms with van der Waals surface area (Å²) in [5.41, 5.74) is 8.08. The quantitative estimate of drug-likeness (QED) is 0.462. The van der Waals surface area contributed by atoms with Crippen LogP contribution in [0.3, 0.4) is 0 Å². The van der Waals surface area contributed by atoms with Crippen LogP contribution in [0.25, 0.3) is 0 Å². The zero-order valence-corrected chi connectivity index (χ0v) is 22.3. The molecule has 30 heavy (non-hydrogen) atoms. The van der Waals surface area contributed by atoms with Crippen molar-refractivity contribution in [2.45, 2.75) is 81.6 Å². The highest BCUT2D eigenvalue weighted by Crippen LogP contribution is 2.65. The number of rotatable bonds is 5. The van der Waals surface area contributed by atoms with Gasteiger partial charge in [-0.2, -0.15) is 0 Å². The van der Waals surface area contributed by atoms with Crippen molar-refractivity contribution in [3.63, 3.8) is 0 Å². The van der Waals surface area contributed by atoms with Crippen LogP contribution in [0.2, 0.25) is 0 Å². The maximum absolute atomic E-state index is 2.57. The number of benzene rings is 1. The fraction of sp³-hybridized carbons (Fsp3) is 0.517. The number of hydrogen-bond donors (Lipinski definition) is 0. The van der Waals surface area contributed by atoms with Gasteiger partial charge in [-0.25, -0.2) is 0 Å². The van der Waals surface area contributed by atoms with Gasteiger partial charge in [0, 0.05) is 10.8 Å². The molecule has 0 aliphatic heterocycles. The molecule has 0 heterocycles. The molecule has 0 spiro atoms. The molecular weight excluding hydrogens is 376 g/mol. The third kappa shape index (κ3) is 3.44. The average molecular weight is 419 g/mol. The van der Waals surface area contributed by atoms with E-state index in [1.54, 1.807) is 21.5 Å². The molecule has 2 atom stereocenters. The average Bonchev–Trinajstić information content (AvgIpc) is 2.89. The molecular formula is C29H42Si. The fourth-order valence-electron chi connectivity index (χ4n) is 6.25. The van der Waals surface area contributed by atoms with E-state index >= 15 is 0 Å². The highest BCUT2D eigenvalue weighted by molar-refractivity contribution is 6.62. The first-order chi connectivity index (χ1) is 14.0. The molecule has 0 radical (unpaired) electrons. The number of aryl methyl sites for hydroxylation is 2. The first-order valence-corrected chi connectivity index (χ1v) is 13.3. The normalized spacial score (nSPS) is 27.2. The largest absolute Gasteiger partial charge is 0.0839 e. The lowest BCUT2D eigenvalue weighted by Gasteiger charge is -2.56. The van der Waals surface area contributed by atoms with Crippen LogP contribution in [0.1, 0.15) is 79.9 Å². The van der Waals surface area contributed by atoms with E-state index in [-0.39, 0.29) is 16.2 Å². The molecule has 0 amide bonds. The Morgan fingerprint density at radius 2 is 1.50 bits per heavy atom. The van der Waals surface area contributed by atoms with Crippen molar-refractivity contribution >= 4 is 14.7 Å². The Morgan fingerprint density at radius 3 is 1.97 bits per heavy atom. The number of allylic oxidation sites excluding steroid dienone is 8. The Balaban J connectivity index is 2.19. The second kappa shape index (κ2) is 8.15. The Labute approximate surface area is 188 Å². The Morgan fingerprint density at radius 1 is 0.900 bits per heavy atom. The van der Waals surface area contributed by atoms with Gasteiger partial charge in [-0.3, -0.25) is 0 Å². The predicted octanol–water partition coefficient (Wildman–Crippen LogP) is 6.78. The van der Waals surface area contributed by atoms with Gasteiger partial charge in [0.25, 0.3) is 0 Å². The predicted molar refractivity (Wildman–Crippen MR) is 137 cm³/mol. The molecule has 1 aromatic rings. The SMILES string of the molecule is CCc1cc(CC)cc([SiH2]C2=C(C)C(C)=C(C)C2(C)C2(C(C)(C)C)C=CC=CC2)c1. The van der Waals surface area contributed by atoms with Crippen LogP contribution >= 0.6 is 0 Å². The zero-order chi connectivity index (χ0) is 22.3. The molecule has 0 bridgehead atoms. The third-order valence-corrected chi connectivity index (χ3v) is 10.9. The maximum Gasteiger partial charge on any atom is 0.0839 e. The molecule has 0 fully saturated rings. The first kappa shape index (κ1) is 23.1. The minimum Gasteiger partial charge on any atom is -0.0836 e. The zero-order valence-electron chi connectivity index (χ0n) is 20.9. The smallest absolute Gasteiger partial charge is 0.0836 e. The van der Waals surface area contributed by atoms with Gasteiger partial charge in [-0.15, -0.1) is 0 Å². The van der Waals surface area contributed by atoms with Gasteiger partial charge in [0.1, 0.15) is 0 Å². The topological polar surface area (TPSA) is 0 Å². The molecule has 0 saturated carbocycles. The van der Waals surface area contributed by atoms with Crippen molar-refractivity contribution in [3.05, 3.63) is 75.5 Å². The van der Waals surface area contributed by atoms with E-state index in [9.17, 15) is 0 Å². The molecule has 0 saturated heterocycles. The molecule has 2 aliphatic rings. The summed E-state index contributed by atoms with van der Waals surface area (Å²) in [4.78, 5) is 0. The summed E-state index contributed by atoms with van der Waals surface area (Å²) in [6.45, 7) is 21.7. The molecule has 1 heteroatoms. The molecule has 2 unspecified atom stereocenters. The number of hydrogen-bond acceptors (Lipinski definition) is 0. The van der Waals surface area contributed by atoms with Crippen molar-refractivity contribution in [2.75, 3.05) is 0 Å². The van der Waals surface area contributed by atoms with Gasteiger partial charge in [-0.05, 0) is 62.1 Å². The standard InChI is InChI=1S/C29H42Si/c1-10-23-17-24(11-2)19-25(18-23)30-26-21(4)20(3)22(5)28(26,9)29(27(6,7)8)15-13-12-14-16-29/h12-15,17-19H,10-11,16,30H2,1-9H3. The van der Waals surface area contributed by atoms with Crippen molar-refractivity contribution in [1.29, 1.82) is 0 Å². The van der Waals surface area contributed by atoms with Gasteiger partial charge in [0.15, 0.2) is 0 Å². The monoisotopic (exact) mass is 418 g/mol. The van der Waals surface area contributed by atoms with E-state index < -0.39 is 9.52 Å². The van der Waals surface area contributed by atoms with E-state index in [0.29, 0.717) is 0 Å². The highest BCUT2D eigenvalue weighted by Gasteiger charge is 2.57. The first-order valence-electron chi connectivity index (χ1n) is 11.9. The van der Waals surface area contributed by atoms with Gasteiger partial charge in [-0.1, -0.05) is 106 Å². The van der Waals surface area contributed by atoms with E-state index in [0.717, 1.165) is 19.3 Å². The van der Waals surface area contributed by atoms with E-state index in [2.05, 4.69) is 105 Å². The minimum absolute atomic E-state index is 0.0848. The van der Waals surface area contributed by atoms with Crippen molar-refractivity contribution in [2.24, 2.45) is 16.2 Å². The Kier molecular flexibility index (Phi) is 6.27. The molecule has 0 N–H and O–H groups in total.